The maximum absolute atomic E-state index is 5.36. The highest BCUT2D eigenvalue weighted by atomic mass is 16.5. The molecule has 2 aliphatic rings. The molecule has 1 aromatic heterocycles. The lowest BCUT2D eigenvalue weighted by atomic mass is 10.1. The van der Waals surface area contributed by atoms with E-state index in [0.717, 1.165) is 69.7 Å². The Morgan fingerprint density at radius 3 is 2.36 bits per heavy atom. The third-order valence-electron chi connectivity index (χ3n) is 6.54. The highest BCUT2D eigenvalue weighted by Crippen LogP contribution is 2.24. The molecule has 5 rings (SSSR count). The predicted octanol–water partition coefficient (Wildman–Crippen LogP) is 3.38. The SMILES string of the molecule is COc1ccc(N2CCN(c3ncc4c(n3)CCN(Cc3cccc(OC)c3)C4)CC2)cc1. The minimum absolute atomic E-state index is 0.865. The van der Waals surface area contributed by atoms with Crippen LogP contribution < -0.4 is 19.3 Å². The molecule has 7 heteroatoms. The van der Waals surface area contributed by atoms with Gasteiger partial charge in [-0.25, -0.2) is 9.97 Å². The lowest BCUT2D eigenvalue weighted by Gasteiger charge is -2.36. The largest absolute Gasteiger partial charge is 0.497 e. The average Bonchev–Trinajstić information content (AvgIpc) is 2.88. The number of hydrogen-bond donors (Lipinski definition) is 0. The normalized spacial score (nSPS) is 16.4. The molecule has 0 amide bonds. The van der Waals surface area contributed by atoms with Gasteiger partial charge in [-0.1, -0.05) is 12.1 Å². The zero-order chi connectivity index (χ0) is 22.6. The molecule has 7 nitrogen and oxygen atoms in total. The van der Waals surface area contributed by atoms with Gasteiger partial charge in [-0.2, -0.15) is 0 Å². The second kappa shape index (κ2) is 9.67. The molecular weight excluding hydrogens is 414 g/mol. The molecule has 3 heterocycles. The van der Waals surface area contributed by atoms with Crippen LogP contribution in [-0.4, -0.2) is 61.8 Å². The Bertz CT molecular complexity index is 1080. The van der Waals surface area contributed by atoms with Crippen LogP contribution in [0.25, 0.3) is 0 Å². The molecule has 0 N–H and O–H groups in total. The summed E-state index contributed by atoms with van der Waals surface area (Å²) < 4.78 is 10.6. The fraction of sp³-hybridized carbons (Fsp3) is 0.385. The summed E-state index contributed by atoms with van der Waals surface area (Å²) >= 11 is 0. The number of benzene rings is 2. The summed E-state index contributed by atoms with van der Waals surface area (Å²) in [5, 5.41) is 0. The number of nitrogens with zero attached hydrogens (tertiary/aromatic N) is 5. The maximum atomic E-state index is 5.36. The van der Waals surface area contributed by atoms with Crippen LogP contribution in [0.5, 0.6) is 11.5 Å². The molecule has 1 fully saturated rings. The highest BCUT2D eigenvalue weighted by molar-refractivity contribution is 5.51. The number of hydrogen-bond acceptors (Lipinski definition) is 7. The van der Waals surface area contributed by atoms with E-state index >= 15 is 0 Å². The van der Waals surface area contributed by atoms with Crippen molar-refractivity contribution in [3.05, 3.63) is 71.5 Å². The standard InChI is InChI=1S/C26H31N5O2/c1-32-23-8-6-22(7-9-23)30-12-14-31(15-13-30)26-27-17-21-19-29(11-10-25(21)28-26)18-20-4-3-5-24(16-20)33-2/h3-9,16-17H,10-15,18-19H2,1-2H3. The molecule has 0 spiro atoms. The van der Waals surface area contributed by atoms with Crippen molar-refractivity contribution in [2.75, 3.05) is 56.7 Å². The van der Waals surface area contributed by atoms with Crippen molar-refractivity contribution >= 4 is 11.6 Å². The monoisotopic (exact) mass is 445 g/mol. The van der Waals surface area contributed by atoms with Gasteiger partial charge in [0.15, 0.2) is 0 Å². The van der Waals surface area contributed by atoms with Crippen LogP contribution >= 0.6 is 0 Å². The summed E-state index contributed by atoms with van der Waals surface area (Å²) in [4.78, 5) is 16.9. The Morgan fingerprint density at radius 2 is 1.61 bits per heavy atom. The summed E-state index contributed by atoms with van der Waals surface area (Å²) in [5.41, 5.74) is 4.94. The smallest absolute Gasteiger partial charge is 0.225 e. The summed E-state index contributed by atoms with van der Waals surface area (Å²) in [6, 6.07) is 16.6. The van der Waals surface area contributed by atoms with Crippen molar-refractivity contribution in [2.24, 2.45) is 0 Å². The Labute approximate surface area is 195 Å². The van der Waals surface area contributed by atoms with E-state index in [-0.39, 0.29) is 0 Å². The molecule has 172 valence electrons. The maximum Gasteiger partial charge on any atom is 0.225 e. The molecule has 3 aromatic rings. The lowest BCUT2D eigenvalue weighted by Crippen LogP contribution is -2.47. The number of methoxy groups -OCH3 is 2. The molecule has 0 atom stereocenters. The van der Waals surface area contributed by atoms with E-state index in [2.05, 4.69) is 45.0 Å². The number of rotatable bonds is 6. The average molecular weight is 446 g/mol. The summed E-state index contributed by atoms with van der Waals surface area (Å²) in [7, 11) is 3.41. The van der Waals surface area contributed by atoms with Crippen molar-refractivity contribution in [2.45, 2.75) is 19.5 Å². The Hall–Kier alpha value is -3.32. The fourth-order valence-corrected chi connectivity index (χ4v) is 4.64. The van der Waals surface area contributed by atoms with E-state index in [1.54, 1.807) is 14.2 Å². The van der Waals surface area contributed by atoms with Crippen LogP contribution in [-0.2, 0) is 19.5 Å². The van der Waals surface area contributed by atoms with Gasteiger partial charge in [0.1, 0.15) is 11.5 Å². The third kappa shape index (κ3) is 4.88. The van der Waals surface area contributed by atoms with Gasteiger partial charge in [-0.15, -0.1) is 0 Å². The first-order valence-electron chi connectivity index (χ1n) is 11.6. The fourth-order valence-electron chi connectivity index (χ4n) is 4.64. The molecule has 0 aliphatic carbocycles. The zero-order valence-corrected chi connectivity index (χ0v) is 19.4. The van der Waals surface area contributed by atoms with Crippen LogP contribution in [0.1, 0.15) is 16.8 Å². The molecule has 1 saturated heterocycles. The summed E-state index contributed by atoms with van der Waals surface area (Å²) in [6.45, 7) is 6.57. The van der Waals surface area contributed by atoms with Crippen molar-refractivity contribution in [1.82, 2.24) is 14.9 Å². The van der Waals surface area contributed by atoms with Gasteiger partial charge in [0.25, 0.3) is 0 Å². The molecule has 33 heavy (non-hydrogen) atoms. The van der Waals surface area contributed by atoms with Crippen LogP contribution in [0.2, 0.25) is 0 Å². The Morgan fingerprint density at radius 1 is 0.848 bits per heavy atom. The van der Waals surface area contributed by atoms with E-state index in [1.165, 1.54) is 22.5 Å². The first-order valence-corrected chi connectivity index (χ1v) is 11.6. The van der Waals surface area contributed by atoms with E-state index in [9.17, 15) is 0 Å². The van der Waals surface area contributed by atoms with Gasteiger partial charge in [0.2, 0.25) is 5.95 Å². The highest BCUT2D eigenvalue weighted by Gasteiger charge is 2.23. The first-order chi connectivity index (χ1) is 16.2. The molecule has 0 bridgehead atoms. The van der Waals surface area contributed by atoms with E-state index in [1.807, 2.05) is 24.4 Å². The van der Waals surface area contributed by atoms with Crippen LogP contribution in [0.4, 0.5) is 11.6 Å². The molecule has 0 unspecified atom stereocenters. The third-order valence-corrected chi connectivity index (χ3v) is 6.54. The minimum atomic E-state index is 0.865. The minimum Gasteiger partial charge on any atom is -0.497 e. The molecule has 2 aromatic carbocycles. The van der Waals surface area contributed by atoms with Crippen LogP contribution in [0.3, 0.4) is 0 Å². The van der Waals surface area contributed by atoms with Gasteiger partial charge in [-0.05, 0) is 42.0 Å². The zero-order valence-electron chi connectivity index (χ0n) is 19.4. The van der Waals surface area contributed by atoms with Crippen molar-refractivity contribution in [1.29, 1.82) is 0 Å². The van der Waals surface area contributed by atoms with Gasteiger partial charge < -0.3 is 19.3 Å². The van der Waals surface area contributed by atoms with Crippen LogP contribution in [0, 0.1) is 0 Å². The molecule has 0 saturated carbocycles. The van der Waals surface area contributed by atoms with Gasteiger partial charge in [0, 0.05) is 69.7 Å². The van der Waals surface area contributed by atoms with E-state index in [0.29, 0.717) is 0 Å². The van der Waals surface area contributed by atoms with Crippen molar-refractivity contribution in [3.63, 3.8) is 0 Å². The quantitative estimate of drug-likeness (QED) is 0.577. The summed E-state index contributed by atoms with van der Waals surface area (Å²) in [5.74, 6) is 2.66. The number of piperazine rings is 1. The molecule has 0 radical (unpaired) electrons. The molecular formula is C26H31N5O2. The van der Waals surface area contributed by atoms with Crippen molar-refractivity contribution in [3.8, 4) is 11.5 Å². The van der Waals surface area contributed by atoms with E-state index in [4.69, 9.17) is 19.4 Å². The lowest BCUT2D eigenvalue weighted by molar-refractivity contribution is 0.242. The number of anilines is 2. The topological polar surface area (TPSA) is 54.0 Å². The van der Waals surface area contributed by atoms with Crippen molar-refractivity contribution < 1.29 is 9.47 Å². The number of ether oxygens (including phenoxy) is 2. The Balaban J connectivity index is 1.19. The first kappa shape index (κ1) is 21.5. The number of aromatic nitrogens is 2. The second-order valence-corrected chi connectivity index (χ2v) is 8.63. The van der Waals surface area contributed by atoms with Gasteiger partial charge in [-0.3, -0.25) is 4.90 Å². The summed E-state index contributed by atoms with van der Waals surface area (Å²) in [6.07, 6.45) is 2.99. The van der Waals surface area contributed by atoms with Gasteiger partial charge >= 0.3 is 0 Å². The second-order valence-electron chi connectivity index (χ2n) is 8.63. The molecule has 2 aliphatic heterocycles. The van der Waals surface area contributed by atoms with Crippen LogP contribution in [0.15, 0.2) is 54.7 Å². The Kier molecular flexibility index (Phi) is 6.30. The predicted molar refractivity (Wildman–Crippen MR) is 130 cm³/mol. The van der Waals surface area contributed by atoms with E-state index < -0.39 is 0 Å². The van der Waals surface area contributed by atoms with Gasteiger partial charge in [0.05, 0.1) is 19.9 Å². The number of fused-ring (bicyclic) bond motifs is 1.